The maximum Gasteiger partial charge on any atom is 0.313 e. The Hall–Kier alpha value is -7.96. The van der Waals surface area contributed by atoms with Crippen LogP contribution >= 0.6 is 43.6 Å². The van der Waals surface area contributed by atoms with Gasteiger partial charge in [0.1, 0.15) is 44.8 Å². The van der Waals surface area contributed by atoms with Crippen molar-refractivity contribution in [2.24, 2.45) is 40.9 Å². The molecule has 0 saturated heterocycles. The van der Waals surface area contributed by atoms with E-state index in [1.54, 1.807) is 66.3 Å². The molecule has 4 fully saturated rings. The van der Waals surface area contributed by atoms with E-state index in [0.717, 1.165) is 74.8 Å². The molecule has 2 aliphatic heterocycles. The number of esters is 2. The molecule has 0 unspecified atom stereocenters. The van der Waals surface area contributed by atoms with E-state index in [9.17, 15) is 39.3 Å². The van der Waals surface area contributed by atoms with Crippen molar-refractivity contribution < 1.29 is 67.7 Å². The van der Waals surface area contributed by atoms with Gasteiger partial charge in [0, 0.05) is 59.3 Å². The number of pyridine rings is 2. The maximum atomic E-state index is 14.9. The number of carbonyl (C=O) groups excluding carboxylic acids is 7. The van der Waals surface area contributed by atoms with Crippen molar-refractivity contribution in [3.05, 3.63) is 94.0 Å². The molecule has 6 aliphatic rings. The quantitative estimate of drug-likeness (QED) is 0.0426. The number of hydrogen-bond acceptors (Lipinski definition) is 19. The number of benzene rings is 2. The molecule has 4 aliphatic carbocycles. The third-order valence-corrected chi connectivity index (χ3v) is 23.5. The van der Waals surface area contributed by atoms with E-state index in [1.807, 2.05) is 74.7 Å². The normalized spacial score (nSPS) is 25.9. The number of aromatic nitrogens is 4. The number of imide groups is 1. The van der Waals surface area contributed by atoms with E-state index >= 15 is 0 Å². The largest absolute Gasteiger partial charge is 0.496 e. The fraction of sp³-hybridized carbons (Fsp3) is 0.526. The summed E-state index contributed by atoms with van der Waals surface area (Å²) in [4.78, 5) is 122. The van der Waals surface area contributed by atoms with E-state index in [-0.39, 0.29) is 86.3 Å². The molecule has 0 bridgehead atoms. The Morgan fingerprint density at radius 1 is 0.621 bits per heavy atom. The predicted molar refractivity (Wildman–Crippen MR) is 399 cm³/mol. The van der Waals surface area contributed by atoms with Crippen LogP contribution in [-0.2, 0) is 43.0 Å². The van der Waals surface area contributed by atoms with E-state index < -0.39 is 85.4 Å². The number of amides is 4. The Balaban J connectivity index is 0.000000208. The predicted octanol–water partition coefficient (Wildman–Crippen LogP) is 15.0. The average molecular weight is 1560 g/mol. The van der Waals surface area contributed by atoms with Gasteiger partial charge in [0.05, 0.1) is 49.1 Å². The Kier molecular flexibility index (Phi) is 24.1. The number of nitrogens with zero attached hydrogens (tertiary/aromatic N) is 7. The van der Waals surface area contributed by atoms with Crippen molar-refractivity contribution in [1.82, 2.24) is 34.6 Å². The third-order valence-electron chi connectivity index (χ3n) is 21.1. The number of ketones is 1. The van der Waals surface area contributed by atoms with Crippen molar-refractivity contribution in [2.75, 3.05) is 54.6 Å². The molecular weight excluding hydrogens is 1470 g/mol. The van der Waals surface area contributed by atoms with E-state index in [0.29, 0.717) is 89.7 Å². The fourth-order valence-electron chi connectivity index (χ4n) is 15.1. The Bertz CT molecular complexity index is 4360. The first kappa shape index (κ1) is 76.2. The van der Waals surface area contributed by atoms with Crippen LogP contribution in [0.3, 0.4) is 0 Å². The summed E-state index contributed by atoms with van der Waals surface area (Å²) in [6.45, 7) is 17.0. The van der Waals surface area contributed by atoms with Crippen LogP contribution in [0.25, 0.3) is 43.2 Å². The van der Waals surface area contributed by atoms with Crippen molar-refractivity contribution in [3.63, 3.8) is 0 Å². The molecule has 0 spiro atoms. The Morgan fingerprint density at radius 3 is 1.55 bits per heavy atom. The summed E-state index contributed by atoms with van der Waals surface area (Å²) in [6.07, 6.45) is 13.3. The van der Waals surface area contributed by atoms with E-state index in [2.05, 4.69) is 45.2 Å². The van der Waals surface area contributed by atoms with Crippen LogP contribution in [0.15, 0.2) is 71.5 Å². The minimum Gasteiger partial charge on any atom is -0.496 e. The van der Waals surface area contributed by atoms with Gasteiger partial charge in [0.15, 0.2) is 0 Å². The van der Waals surface area contributed by atoms with E-state index in [1.165, 1.54) is 11.3 Å². The molecule has 25 heteroatoms. The second-order valence-electron chi connectivity index (χ2n) is 28.5. The molecule has 20 nitrogen and oxygen atoms in total. The van der Waals surface area contributed by atoms with Crippen molar-refractivity contribution in [2.45, 2.75) is 168 Å². The first-order valence-electron chi connectivity index (χ1n) is 35.7. The first-order chi connectivity index (χ1) is 49.4. The molecule has 0 radical (unpaired) electrons. The van der Waals surface area contributed by atoms with Gasteiger partial charge in [-0.1, -0.05) is 39.8 Å². The van der Waals surface area contributed by atoms with Gasteiger partial charge in [-0.3, -0.25) is 14.4 Å². The number of carbonyl (C=O) groups is 7. The second kappa shape index (κ2) is 32.6. The van der Waals surface area contributed by atoms with Crippen LogP contribution in [-0.4, -0.2) is 148 Å². The summed E-state index contributed by atoms with van der Waals surface area (Å²) in [5.41, 5.74) is 3.70. The molecule has 4 amide bonds. The van der Waals surface area contributed by atoms with Gasteiger partial charge in [-0.25, -0.2) is 19.9 Å². The molecule has 10 atom stereocenters. The molecule has 6 aromatic rings. The van der Waals surface area contributed by atoms with Gasteiger partial charge in [-0.05, 0) is 95.2 Å². The zero-order valence-corrected chi connectivity index (χ0v) is 64.4. The standard InChI is InChI=1S/C40H45F2IN4O7S.C38H47N3O6S/c1-7-53-39(51)40-21-25(40)12-10-8-9-11-17-46(5)37(49)28-18-26(19-29(28)38(50)47(40)34(48)15-16-43(41)42)54-33-20-30(36-45-31(22-55-36)23(2)3)44-35-24(4)32(52-6)14-13-27(33)35;1-7-46-37(44)38-19-24(38)12-10-8-9-11-15-41(5)36(43)28-17-25(16-27(28)31(42)20-38)47-33-18-29(35-40-30(21-48-35)22(2)3)39-34-23(4)32(45-6)14-13-26(33)34/h10,12-14,20,22-23,25-26,28-29H,7-9,11,17-19,21H2,1-6H3;10,12-14,18,21-22,24-25,27-28H,7-9,11,15-17,19-20H2,1-6H3/b2*12-10-/t25-,26+,28-,29-,40-;24-,25-,27-,28-,38-/m11/s1. The van der Waals surface area contributed by atoms with Crippen LogP contribution in [0, 0.1) is 64.6 Å². The average Bonchev–Trinajstić information content (AvgIpc) is 1.56. The maximum absolute atomic E-state index is 14.9. The van der Waals surface area contributed by atoms with Gasteiger partial charge >= 0.3 is 246 Å². The minimum atomic E-state index is -4.71. The smallest absolute Gasteiger partial charge is 0.313 e. The molecule has 6 heterocycles. The zero-order valence-electron chi connectivity index (χ0n) is 60.6. The van der Waals surface area contributed by atoms with Crippen LogP contribution in [0.1, 0.15) is 159 Å². The molecule has 550 valence electrons. The Labute approximate surface area is 617 Å². The number of Topliss-reactive ketones (excluding diaryl/α,β-unsaturated/α-hetero) is 1. The number of rotatable bonds is 14. The summed E-state index contributed by atoms with van der Waals surface area (Å²) in [5, 5.41) is 7.08. The number of ether oxygens (including phenoxy) is 6. The summed E-state index contributed by atoms with van der Waals surface area (Å²) in [5.74, 6) is -2.37. The van der Waals surface area contributed by atoms with Gasteiger partial charge in [-0.2, -0.15) is 0 Å². The summed E-state index contributed by atoms with van der Waals surface area (Å²) >= 11 is -1.69. The summed E-state index contributed by atoms with van der Waals surface area (Å²) < 4.78 is 64.3. The van der Waals surface area contributed by atoms with Crippen molar-refractivity contribution >= 4 is 107 Å². The van der Waals surface area contributed by atoms with Crippen molar-refractivity contribution in [1.29, 1.82) is 0 Å². The van der Waals surface area contributed by atoms with Crippen LogP contribution in [0.4, 0.5) is 5.72 Å². The number of hydrogen-bond donors (Lipinski definition) is 0. The number of halogens is 3. The first-order valence-corrected chi connectivity index (χ1v) is 40.2. The second-order valence-corrected chi connectivity index (χ2v) is 31.8. The number of aryl methyl sites for hydroxylation is 2. The van der Waals surface area contributed by atoms with E-state index in [4.69, 9.17) is 48.4 Å². The molecule has 0 N–H and O–H groups in total. The van der Waals surface area contributed by atoms with Crippen molar-refractivity contribution in [3.8, 4) is 54.2 Å². The third kappa shape index (κ3) is 16.2. The summed E-state index contributed by atoms with van der Waals surface area (Å²) in [6, 6.07) is 11.3. The minimum absolute atomic E-state index is 0.00739. The van der Waals surface area contributed by atoms with Gasteiger partial charge in [0.2, 0.25) is 5.91 Å². The zero-order chi connectivity index (χ0) is 73.8. The molecular formula is C78H92F2IN7O13S2. The van der Waals surface area contributed by atoms with Crippen LogP contribution in [0.2, 0.25) is 0 Å². The number of methoxy groups -OCH3 is 2. The van der Waals surface area contributed by atoms with Crippen LogP contribution < -0.4 is 18.9 Å². The molecule has 2 aromatic carbocycles. The topological polar surface area (TPSA) is 236 Å². The molecule has 103 heavy (non-hydrogen) atoms. The summed E-state index contributed by atoms with van der Waals surface area (Å²) in [7, 11) is 6.74. The Morgan fingerprint density at radius 2 is 1.09 bits per heavy atom. The number of thiazole rings is 2. The van der Waals surface area contributed by atoms with Gasteiger partial charge in [0.25, 0.3) is 0 Å². The molecule has 4 saturated carbocycles. The molecule has 12 rings (SSSR count). The van der Waals surface area contributed by atoms with Gasteiger partial charge in [-0.15, -0.1) is 22.7 Å². The molecule has 4 aromatic heterocycles. The van der Waals surface area contributed by atoms with Crippen LogP contribution in [0.5, 0.6) is 23.0 Å². The number of fused-ring (bicyclic) bond motifs is 6. The SMILES string of the molecule is CCOC(=O)[C@@]12C[C@H]1/C=C\CCCCN(C)C(=O)[C@@H]1C[C@H](Oc3cc(-c4nc(C(C)C)cs4)nc4c(C)c(OC)ccc34)C[C@H]1C(=O)N2C(=O)C#CI(F)F.CCOC(=O)[C@]12CC(=O)[C@@H]3C[C@@H](Oc4cc(-c5nc(C(C)C)cs5)nc5c(C)c(OC)ccc45)C[C@H]3C(=O)N(C)CCCC/C=C\[C@@H]1C2. The monoisotopic (exact) mass is 1560 g/mol. The fourth-order valence-corrected chi connectivity index (χ4v) is 17.4. The number of allylic oxidation sites excluding steroid dienone is 3. The van der Waals surface area contributed by atoms with Gasteiger partial charge < -0.3 is 23.8 Å².